The summed E-state index contributed by atoms with van der Waals surface area (Å²) in [5.74, 6) is 0. The molecule has 0 spiro atoms. The Balaban J connectivity index is 2.81. The van der Waals surface area contributed by atoms with Gasteiger partial charge in [-0.15, -0.1) is 0 Å². The van der Waals surface area contributed by atoms with Gasteiger partial charge in [0.15, 0.2) is 5.65 Å². The van der Waals surface area contributed by atoms with Gasteiger partial charge in [-0.3, -0.25) is 4.34 Å². The van der Waals surface area contributed by atoms with Gasteiger partial charge in [0.2, 0.25) is 0 Å². The fourth-order valence-corrected chi connectivity index (χ4v) is 1.41. The van der Waals surface area contributed by atoms with Crippen LogP contribution in [-0.4, -0.2) is 19.3 Å². The van der Waals surface area contributed by atoms with Crippen molar-refractivity contribution in [1.82, 2.24) is 19.3 Å². The lowest BCUT2D eigenvalue weighted by Crippen LogP contribution is -1.91. The maximum Gasteiger partial charge on any atom is 0.166 e. The Labute approximate surface area is 72.3 Å². The second-order valence-corrected chi connectivity index (χ2v) is 3.05. The summed E-state index contributed by atoms with van der Waals surface area (Å²) in [5.41, 5.74) is 2.77. The molecule has 0 N–H and O–H groups in total. The predicted molar refractivity (Wildman–Crippen MR) is 49.8 cm³/mol. The first-order valence-electron chi connectivity index (χ1n) is 3.75. The van der Waals surface area contributed by atoms with E-state index in [1.54, 1.807) is 12.7 Å². The van der Waals surface area contributed by atoms with Crippen LogP contribution >= 0.6 is 9.39 Å². The number of hydrogen-bond acceptors (Lipinski definition) is 3. The van der Waals surface area contributed by atoms with Crippen LogP contribution in [0.5, 0.6) is 0 Å². The molecule has 0 fully saturated rings. The van der Waals surface area contributed by atoms with Crippen molar-refractivity contribution in [2.24, 2.45) is 0 Å². The van der Waals surface area contributed by atoms with E-state index in [-0.39, 0.29) is 0 Å². The first-order chi connectivity index (χ1) is 5.83. The summed E-state index contributed by atoms with van der Waals surface area (Å²) >= 11 is 0. The number of rotatable bonds is 1. The molecule has 2 heterocycles. The molecule has 0 aromatic carbocycles. The molecule has 0 saturated heterocycles. The van der Waals surface area contributed by atoms with Gasteiger partial charge in [0.25, 0.3) is 0 Å². The molecule has 0 bridgehead atoms. The zero-order valence-electron chi connectivity index (χ0n) is 6.73. The molecule has 0 aliphatic carbocycles. The van der Waals surface area contributed by atoms with Crippen molar-refractivity contribution in [3.63, 3.8) is 0 Å². The highest BCUT2D eigenvalue weighted by Crippen LogP contribution is 2.14. The van der Waals surface area contributed by atoms with Gasteiger partial charge in [0, 0.05) is 0 Å². The largest absolute Gasteiger partial charge is 0.299 e. The molecule has 0 radical (unpaired) electrons. The molecule has 0 amide bonds. The highest BCUT2D eigenvalue weighted by atomic mass is 31.0. The number of aryl methyl sites for hydroxylation is 1. The molecule has 62 valence electrons. The summed E-state index contributed by atoms with van der Waals surface area (Å²) in [5, 5.41) is 0. The molecule has 2 rings (SSSR count). The lowest BCUT2D eigenvalue weighted by molar-refractivity contribution is 1.02. The Bertz CT molecular complexity index is 409. The van der Waals surface area contributed by atoms with E-state index < -0.39 is 0 Å². The van der Waals surface area contributed by atoms with E-state index in [0.717, 1.165) is 23.3 Å². The summed E-state index contributed by atoms with van der Waals surface area (Å²) in [6.45, 7) is 2.06. The van der Waals surface area contributed by atoms with E-state index in [1.165, 1.54) is 0 Å². The monoisotopic (exact) mass is 180 g/mol. The van der Waals surface area contributed by atoms with Crippen LogP contribution in [0.1, 0.15) is 12.6 Å². The topological polar surface area (TPSA) is 43.6 Å². The van der Waals surface area contributed by atoms with Gasteiger partial charge in [-0.25, -0.2) is 15.0 Å². The molecule has 2 aromatic heterocycles. The SMILES string of the molecule is CCc1ncnc2c1ncn2P. The maximum atomic E-state index is 4.21. The van der Waals surface area contributed by atoms with Crippen molar-refractivity contribution in [1.29, 1.82) is 0 Å². The number of aromatic nitrogens is 4. The minimum Gasteiger partial charge on any atom is -0.299 e. The van der Waals surface area contributed by atoms with Crippen molar-refractivity contribution in [2.45, 2.75) is 13.3 Å². The number of hydrogen-bond donors (Lipinski definition) is 0. The normalized spacial score (nSPS) is 10.8. The lowest BCUT2D eigenvalue weighted by atomic mass is 10.3. The lowest BCUT2D eigenvalue weighted by Gasteiger charge is -1.95. The van der Waals surface area contributed by atoms with E-state index in [4.69, 9.17) is 0 Å². The van der Waals surface area contributed by atoms with Gasteiger partial charge >= 0.3 is 0 Å². The second kappa shape index (κ2) is 2.79. The summed E-state index contributed by atoms with van der Waals surface area (Å²) in [7, 11) is 2.54. The van der Waals surface area contributed by atoms with Gasteiger partial charge in [0.05, 0.1) is 5.69 Å². The van der Waals surface area contributed by atoms with Crippen LogP contribution < -0.4 is 0 Å². The minimum absolute atomic E-state index is 0.867. The van der Waals surface area contributed by atoms with Crippen molar-refractivity contribution >= 4 is 20.6 Å². The Kier molecular flexibility index (Phi) is 1.77. The molecule has 0 saturated carbocycles. The van der Waals surface area contributed by atoms with Crippen molar-refractivity contribution < 1.29 is 0 Å². The first-order valence-corrected chi connectivity index (χ1v) is 4.26. The van der Waals surface area contributed by atoms with Crippen molar-refractivity contribution in [3.8, 4) is 0 Å². The third-order valence-electron chi connectivity index (χ3n) is 1.77. The van der Waals surface area contributed by atoms with Crippen LogP contribution in [0.15, 0.2) is 12.7 Å². The molecule has 5 heteroatoms. The molecule has 2 aromatic rings. The summed E-state index contributed by atoms with van der Waals surface area (Å²) in [4.78, 5) is 12.5. The van der Waals surface area contributed by atoms with Gasteiger partial charge in [-0.2, -0.15) is 0 Å². The average Bonchev–Trinajstić information content (AvgIpc) is 2.48. The van der Waals surface area contributed by atoms with E-state index in [9.17, 15) is 0 Å². The van der Waals surface area contributed by atoms with E-state index in [0.29, 0.717) is 0 Å². The fraction of sp³-hybridized carbons (Fsp3) is 0.286. The van der Waals surface area contributed by atoms with Crippen LogP contribution in [-0.2, 0) is 6.42 Å². The van der Waals surface area contributed by atoms with Gasteiger partial charge in [0.1, 0.15) is 18.2 Å². The summed E-state index contributed by atoms with van der Waals surface area (Å²) in [6.07, 6.45) is 4.19. The van der Waals surface area contributed by atoms with E-state index in [1.807, 2.05) is 4.34 Å². The zero-order chi connectivity index (χ0) is 8.55. The van der Waals surface area contributed by atoms with Crippen LogP contribution in [0.4, 0.5) is 0 Å². The molecule has 12 heavy (non-hydrogen) atoms. The van der Waals surface area contributed by atoms with Crippen LogP contribution in [0.25, 0.3) is 11.2 Å². The molecule has 0 aliphatic rings. The molecule has 0 aliphatic heterocycles. The number of fused-ring (bicyclic) bond motifs is 1. The maximum absolute atomic E-state index is 4.21. The Morgan fingerprint density at radius 1 is 1.42 bits per heavy atom. The highest BCUT2D eigenvalue weighted by Gasteiger charge is 2.05. The Morgan fingerprint density at radius 3 is 3.00 bits per heavy atom. The van der Waals surface area contributed by atoms with Crippen molar-refractivity contribution in [3.05, 3.63) is 18.3 Å². The molecular formula is C7H9N4P. The molecule has 1 atom stereocenters. The van der Waals surface area contributed by atoms with Crippen molar-refractivity contribution in [2.75, 3.05) is 0 Å². The van der Waals surface area contributed by atoms with Gasteiger partial charge in [-0.05, 0) is 15.8 Å². The molecular weight excluding hydrogens is 171 g/mol. The minimum atomic E-state index is 0.867. The molecule has 4 nitrogen and oxygen atoms in total. The average molecular weight is 180 g/mol. The van der Waals surface area contributed by atoms with Crippen LogP contribution in [0.2, 0.25) is 0 Å². The third-order valence-corrected chi connectivity index (χ3v) is 2.15. The van der Waals surface area contributed by atoms with Crippen LogP contribution in [0.3, 0.4) is 0 Å². The smallest absolute Gasteiger partial charge is 0.166 e. The number of nitrogens with zero attached hydrogens (tertiary/aromatic N) is 4. The predicted octanol–water partition coefficient (Wildman–Crippen LogP) is 1.03. The fourth-order valence-electron chi connectivity index (χ4n) is 1.16. The van der Waals surface area contributed by atoms with Crippen LogP contribution in [0, 0.1) is 0 Å². The molecule has 1 unspecified atom stereocenters. The van der Waals surface area contributed by atoms with Gasteiger partial charge in [-0.1, -0.05) is 6.92 Å². The van der Waals surface area contributed by atoms with Gasteiger partial charge < -0.3 is 0 Å². The zero-order valence-corrected chi connectivity index (χ0v) is 7.88. The second-order valence-electron chi connectivity index (χ2n) is 2.50. The number of imidazole rings is 1. The van der Waals surface area contributed by atoms with E-state index in [2.05, 4.69) is 31.3 Å². The summed E-state index contributed by atoms with van der Waals surface area (Å²) in [6, 6.07) is 0. The summed E-state index contributed by atoms with van der Waals surface area (Å²) < 4.78 is 1.82. The first kappa shape index (κ1) is 7.62. The Morgan fingerprint density at radius 2 is 2.25 bits per heavy atom. The highest BCUT2D eigenvalue weighted by molar-refractivity contribution is 7.14. The van der Waals surface area contributed by atoms with E-state index >= 15 is 0 Å². The third kappa shape index (κ3) is 0.994. The quantitative estimate of drug-likeness (QED) is 0.615. The Hall–Kier alpha value is -1.02. The standard InChI is InChI=1S/C7H9N4P/c1-2-5-6-7(9-3-8-5)11(12)4-10-6/h3-4H,2,12H2,1H3.